The first-order chi connectivity index (χ1) is 11.7. The molecule has 0 atom stereocenters. The molecule has 1 aromatic heterocycles. The number of benzene rings is 2. The van der Waals surface area contributed by atoms with Crippen LogP contribution in [0.4, 0.5) is 0 Å². The van der Waals surface area contributed by atoms with Crippen LogP contribution in [0.2, 0.25) is 0 Å². The SMILES string of the molecule is CN(CC(C)(C)c1ccccc1)S(=O)(=O)c1ccc2[nH]c(=O)oc2c1. The number of rotatable bonds is 5. The van der Waals surface area contributed by atoms with E-state index in [9.17, 15) is 13.2 Å². The monoisotopic (exact) mass is 360 g/mol. The molecule has 25 heavy (non-hydrogen) atoms. The highest BCUT2D eigenvalue weighted by atomic mass is 32.2. The van der Waals surface area contributed by atoms with Gasteiger partial charge in [0.2, 0.25) is 10.0 Å². The lowest BCUT2D eigenvalue weighted by atomic mass is 9.85. The summed E-state index contributed by atoms with van der Waals surface area (Å²) in [6.07, 6.45) is 0. The third-order valence-corrected chi connectivity index (χ3v) is 6.07. The maximum Gasteiger partial charge on any atom is 0.417 e. The number of nitrogens with one attached hydrogen (secondary N) is 1. The Morgan fingerprint density at radius 1 is 1.12 bits per heavy atom. The van der Waals surface area contributed by atoms with Gasteiger partial charge >= 0.3 is 5.76 Å². The van der Waals surface area contributed by atoms with Crippen LogP contribution in [0.1, 0.15) is 19.4 Å². The highest BCUT2D eigenvalue weighted by Gasteiger charge is 2.29. The van der Waals surface area contributed by atoms with E-state index in [1.54, 1.807) is 7.05 Å². The summed E-state index contributed by atoms with van der Waals surface area (Å²) in [4.78, 5) is 13.8. The van der Waals surface area contributed by atoms with Crippen molar-refractivity contribution in [3.63, 3.8) is 0 Å². The summed E-state index contributed by atoms with van der Waals surface area (Å²) in [5, 5.41) is 0. The van der Waals surface area contributed by atoms with Crippen molar-refractivity contribution in [3.05, 3.63) is 64.6 Å². The number of likely N-dealkylation sites (N-methyl/N-ethyl adjacent to an activating group) is 1. The number of oxazole rings is 1. The molecule has 3 rings (SSSR count). The molecule has 1 N–H and O–H groups in total. The Morgan fingerprint density at radius 3 is 2.48 bits per heavy atom. The Hall–Kier alpha value is -2.38. The Kier molecular flexibility index (Phi) is 4.30. The van der Waals surface area contributed by atoms with Gasteiger partial charge < -0.3 is 4.42 Å². The van der Waals surface area contributed by atoms with Gasteiger partial charge in [0.25, 0.3) is 0 Å². The van der Waals surface area contributed by atoms with Gasteiger partial charge in [0.1, 0.15) is 0 Å². The van der Waals surface area contributed by atoms with Crippen LogP contribution in [0.15, 0.2) is 62.6 Å². The molecule has 0 saturated carbocycles. The number of aromatic nitrogens is 1. The van der Waals surface area contributed by atoms with Gasteiger partial charge in [0.05, 0.1) is 10.4 Å². The minimum atomic E-state index is -3.70. The molecule has 1 heterocycles. The van der Waals surface area contributed by atoms with E-state index < -0.39 is 15.8 Å². The number of sulfonamides is 1. The molecule has 6 nitrogen and oxygen atoms in total. The van der Waals surface area contributed by atoms with Gasteiger partial charge in [0, 0.05) is 25.1 Å². The van der Waals surface area contributed by atoms with Gasteiger partial charge in [0.15, 0.2) is 5.58 Å². The van der Waals surface area contributed by atoms with E-state index in [-0.39, 0.29) is 15.9 Å². The van der Waals surface area contributed by atoms with Crippen molar-refractivity contribution in [2.75, 3.05) is 13.6 Å². The van der Waals surface area contributed by atoms with Gasteiger partial charge in [-0.2, -0.15) is 0 Å². The number of fused-ring (bicyclic) bond motifs is 1. The minimum absolute atomic E-state index is 0.0918. The molecule has 0 unspecified atom stereocenters. The number of aromatic amines is 1. The van der Waals surface area contributed by atoms with Gasteiger partial charge in [-0.3, -0.25) is 4.98 Å². The highest BCUT2D eigenvalue weighted by molar-refractivity contribution is 7.89. The van der Waals surface area contributed by atoms with Crippen molar-refractivity contribution in [3.8, 4) is 0 Å². The predicted octanol–water partition coefficient (Wildman–Crippen LogP) is 2.72. The molecule has 0 amide bonds. The van der Waals surface area contributed by atoms with Crippen LogP contribution >= 0.6 is 0 Å². The highest BCUT2D eigenvalue weighted by Crippen LogP contribution is 2.27. The largest absolute Gasteiger partial charge is 0.417 e. The van der Waals surface area contributed by atoms with E-state index in [0.717, 1.165) is 5.56 Å². The van der Waals surface area contributed by atoms with E-state index in [2.05, 4.69) is 4.98 Å². The van der Waals surface area contributed by atoms with Crippen LogP contribution in [0.3, 0.4) is 0 Å². The molecule has 0 aliphatic carbocycles. The fraction of sp³-hybridized carbons (Fsp3) is 0.278. The first kappa shape index (κ1) is 17.4. The third kappa shape index (κ3) is 3.38. The summed E-state index contributed by atoms with van der Waals surface area (Å²) in [7, 11) is -2.15. The fourth-order valence-electron chi connectivity index (χ4n) is 2.89. The van der Waals surface area contributed by atoms with Gasteiger partial charge in [-0.05, 0) is 17.7 Å². The molecule has 0 aliphatic heterocycles. The molecule has 132 valence electrons. The third-order valence-electron chi connectivity index (χ3n) is 4.27. The maximum atomic E-state index is 12.9. The summed E-state index contributed by atoms with van der Waals surface area (Å²) in [6.45, 7) is 4.32. The Morgan fingerprint density at radius 2 is 1.80 bits per heavy atom. The first-order valence-electron chi connectivity index (χ1n) is 7.85. The molecule has 0 spiro atoms. The van der Waals surface area contributed by atoms with E-state index >= 15 is 0 Å². The average molecular weight is 360 g/mol. The van der Waals surface area contributed by atoms with Crippen molar-refractivity contribution >= 4 is 21.1 Å². The molecule has 7 heteroatoms. The van der Waals surface area contributed by atoms with E-state index in [1.807, 2.05) is 44.2 Å². The normalized spacial score (nSPS) is 12.8. The quantitative estimate of drug-likeness (QED) is 0.758. The van der Waals surface area contributed by atoms with Crippen LogP contribution in [-0.2, 0) is 15.4 Å². The lowest BCUT2D eigenvalue weighted by Gasteiger charge is -2.30. The molecular formula is C18H20N2O4S. The Labute approximate surface area is 146 Å². The molecule has 2 aromatic carbocycles. The lowest BCUT2D eigenvalue weighted by molar-refractivity contribution is 0.372. The second-order valence-corrected chi connectivity index (χ2v) is 8.73. The smallest absolute Gasteiger partial charge is 0.408 e. The summed E-state index contributed by atoms with van der Waals surface area (Å²) in [6, 6.07) is 14.1. The zero-order valence-electron chi connectivity index (χ0n) is 14.3. The number of nitrogens with zero attached hydrogens (tertiary/aromatic N) is 1. The Balaban J connectivity index is 1.91. The van der Waals surface area contributed by atoms with Crippen molar-refractivity contribution in [2.45, 2.75) is 24.2 Å². The first-order valence-corrected chi connectivity index (χ1v) is 9.29. The van der Waals surface area contributed by atoms with Gasteiger partial charge in [-0.1, -0.05) is 44.2 Å². The van der Waals surface area contributed by atoms with Crippen LogP contribution in [0, 0.1) is 0 Å². The van der Waals surface area contributed by atoms with Crippen LogP contribution < -0.4 is 5.76 Å². The van der Waals surface area contributed by atoms with Crippen LogP contribution in [0.25, 0.3) is 11.1 Å². The second-order valence-electron chi connectivity index (χ2n) is 6.68. The van der Waals surface area contributed by atoms with Crippen molar-refractivity contribution < 1.29 is 12.8 Å². The van der Waals surface area contributed by atoms with E-state index in [4.69, 9.17) is 4.42 Å². The fourth-order valence-corrected chi connectivity index (χ4v) is 4.24. The summed E-state index contributed by atoms with van der Waals surface area (Å²) in [5.74, 6) is -0.608. The summed E-state index contributed by atoms with van der Waals surface area (Å²) in [5.41, 5.74) is 1.40. The van der Waals surface area contributed by atoms with Crippen molar-refractivity contribution in [1.82, 2.24) is 9.29 Å². The zero-order chi connectivity index (χ0) is 18.2. The molecule has 0 aliphatic rings. The van der Waals surface area contributed by atoms with Crippen molar-refractivity contribution in [2.24, 2.45) is 0 Å². The van der Waals surface area contributed by atoms with Crippen molar-refractivity contribution in [1.29, 1.82) is 0 Å². The predicted molar refractivity (Wildman–Crippen MR) is 96.1 cm³/mol. The number of hydrogen-bond donors (Lipinski definition) is 1. The van der Waals surface area contributed by atoms with Gasteiger partial charge in [-0.15, -0.1) is 0 Å². The molecule has 3 aromatic rings. The maximum absolute atomic E-state index is 12.9. The standard InChI is InChI=1S/C18H20N2O4S/c1-18(2,13-7-5-4-6-8-13)12-20(3)25(22,23)14-9-10-15-16(11-14)24-17(21)19-15/h4-11H,12H2,1-3H3,(H,19,21). The molecular weight excluding hydrogens is 340 g/mol. The molecule has 0 fully saturated rings. The lowest BCUT2D eigenvalue weighted by Crippen LogP contribution is -2.38. The second kappa shape index (κ2) is 6.16. The summed E-state index contributed by atoms with van der Waals surface area (Å²) >= 11 is 0. The van der Waals surface area contributed by atoms with Crippen LogP contribution in [-0.4, -0.2) is 31.3 Å². The van der Waals surface area contributed by atoms with E-state index in [1.165, 1.54) is 22.5 Å². The topological polar surface area (TPSA) is 83.4 Å². The molecule has 0 saturated heterocycles. The molecule has 0 radical (unpaired) electrons. The minimum Gasteiger partial charge on any atom is -0.408 e. The van der Waals surface area contributed by atoms with Crippen LogP contribution in [0.5, 0.6) is 0 Å². The van der Waals surface area contributed by atoms with E-state index in [0.29, 0.717) is 12.1 Å². The number of hydrogen-bond acceptors (Lipinski definition) is 4. The summed E-state index contributed by atoms with van der Waals surface area (Å²) < 4.78 is 32.1. The van der Waals surface area contributed by atoms with Gasteiger partial charge in [-0.25, -0.2) is 17.5 Å². The number of H-pyrrole nitrogens is 1. The molecule has 0 bridgehead atoms. The average Bonchev–Trinajstić information content (AvgIpc) is 2.94. The Bertz CT molecular complexity index is 1050. The zero-order valence-corrected chi connectivity index (χ0v) is 15.1.